The van der Waals surface area contributed by atoms with Crippen LogP contribution in [0.2, 0.25) is 0 Å². The number of rotatable bonds is 9. The van der Waals surface area contributed by atoms with E-state index in [1.54, 1.807) is 0 Å². The van der Waals surface area contributed by atoms with Gasteiger partial charge in [-0.25, -0.2) is 0 Å². The number of likely N-dealkylation sites (N-methyl/N-ethyl adjacent to an activating group) is 1. The van der Waals surface area contributed by atoms with Crippen molar-refractivity contribution in [3.63, 3.8) is 0 Å². The molecule has 0 aliphatic heterocycles. The van der Waals surface area contributed by atoms with Crippen molar-refractivity contribution >= 4 is 0 Å². The molecule has 2 heteroatoms. The highest BCUT2D eigenvalue weighted by Crippen LogP contribution is 2.35. The minimum atomic E-state index is -0.0000978. The van der Waals surface area contributed by atoms with Gasteiger partial charge in [-0.3, -0.25) is 0 Å². The van der Waals surface area contributed by atoms with Gasteiger partial charge in [-0.05, 0) is 16.7 Å². The lowest BCUT2D eigenvalue weighted by Gasteiger charge is -2.50. The van der Waals surface area contributed by atoms with Crippen LogP contribution in [0.5, 0.6) is 0 Å². The first-order valence-electron chi connectivity index (χ1n) is 11.6. The van der Waals surface area contributed by atoms with Crippen molar-refractivity contribution in [2.45, 2.75) is 31.3 Å². The summed E-state index contributed by atoms with van der Waals surface area (Å²) in [7, 11) is 4.84. The van der Waals surface area contributed by atoms with Crippen molar-refractivity contribution in [1.29, 1.82) is 0 Å². The van der Waals surface area contributed by atoms with Crippen LogP contribution in [0.15, 0.2) is 121 Å². The van der Waals surface area contributed by atoms with E-state index in [0.717, 1.165) is 30.3 Å². The molecule has 0 aromatic heterocycles. The lowest BCUT2D eigenvalue weighted by molar-refractivity contribution is -0.954. The third kappa shape index (κ3) is 6.35. The largest absolute Gasteiger partial charge is 1.00 e. The second-order valence-corrected chi connectivity index (χ2v) is 9.54. The van der Waals surface area contributed by atoms with Crippen LogP contribution in [0, 0.1) is 0 Å². The molecular formula is C31H34ClN. The van der Waals surface area contributed by atoms with Crippen molar-refractivity contribution in [2.75, 3.05) is 14.1 Å². The molecule has 0 saturated heterocycles. The number of hydrogen-bond acceptors (Lipinski definition) is 0. The van der Waals surface area contributed by atoms with Crippen molar-refractivity contribution in [3.05, 3.63) is 144 Å². The fourth-order valence-corrected chi connectivity index (χ4v) is 4.96. The Labute approximate surface area is 205 Å². The summed E-state index contributed by atoms with van der Waals surface area (Å²) >= 11 is 0. The summed E-state index contributed by atoms with van der Waals surface area (Å²) in [5.41, 5.74) is 5.59. The molecule has 0 spiro atoms. The molecule has 1 nitrogen and oxygen atoms in total. The van der Waals surface area contributed by atoms with Gasteiger partial charge in [0.05, 0.1) is 14.1 Å². The highest BCUT2D eigenvalue weighted by molar-refractivity contribution is 5.26. The van der Waals surface area contributed by atoms with Crippen molar-refractivity contribution < 1.29 is 16.9 Å². The molecule has 4 aromatic carbocycles. The smallest absolute Gasteiger partial charge is 0.111 e. The number of quaternary nitrogens is 1. The van der Waals surface area contributed by atoms with Gasteiger partial charge in [0.25, 0.3) is 0 Å². The molecule has 0 unspecified atom stereocenters. The fraction of sp³-hybridized carbons (Fsp3) is 0.226. The first-order chi connectivity index (χ1) is 15.6. The molecule has 0 saturated carbocycles. The molecule has 0 aliphatic carbocycles. The Morgan fingerprint density at radius 2 is 0.727 bits per heavy atom. The molecule has 0 radical (unpaired) electrons. The van der Waals surface area contributed by atoms with E-state index < -0.39 is 0 Å². The van der Waals surface area contributed by atoms with E-state index in [2.05, 4.69) is 135 Å². The number of hydrogen-bond donors (Lipinski definition) is 0. The Balaban J connectivity index is 0.00000306. The van der Waals surface area contributed by atoms with Crippen LogP contribution < -0.4 is 12.4 Å². The van der Waals surface area contributed by atoms with Crippen LogP contribution in [0.3, 0.4) is 0 Å². The molecule has 4 rings (SSSR count). The van der Waals surface area contributed by atoms with E-state index in [1.165, 1.54) is 22.3 Å². The summed E-state index contributed by atoms with van der Waals surface area (Å²) in [6.07, 6.45) is 3.08. The average molecular weight is 456 g/mol. The van der Waals surface area contributed by atoms with Crippen LogP contribution in [0.1, 0.15) is 22.3 Å². The Kier molecular flexibility index (Phi) is 8.49. The molecule has 0 aliphatic rings. The number of halogens is 1. The van der Waals surface area contributed by atoms with Gasteiger partial charge in [0.1, 0.15) is 12.1 Å². The summed E-state index contributed by atoms with van der Waals surface area (Å²) in [4.78, 5) is 0. The predicted octanol–water partition coefficient (Wildman–Crippen LogP) is 3.73. The van der Waals surface area contributed by atoms with E-state index in [-0.39, 0.29) is 17.9 Å². The molecule has 4 aromatic rings. The van der Waals surface area contributed by atoms with Gasteiger partial charge in [-0.1, -0.05) is 121 Å². The quantitative estimate of drug-likeness (QED) is 0.337. The van der Waals surface area contributed by atoms with Gasteiger partial charge in [-0.2, -0.15) is 0 Å². The zero-order valence-corrected chi connectivity index (χ0v) is 20.5. The van der Waals surface area contributed by atoms with Crippen molar-refractivity contribution in [2.24, 2.45) is 0 Å². The zero-order chi connectivity index (χ0) is 22.3. The molecule has 0 amide bonds. The maximum atomic E-state index is 2.42. The predicted molar refractivity (Wildman–Crippen MR) is 135 cm³/mol. The maximum Gasteiger partial charge on any atom is 0.111 e. The Hall–Kier alpha value is -2.87. The van der Waals surface area contributed by atoms with Crippen LogP contribution in [-0.4, -0.2) is 24.1 Å². The van der Waals surface area contributed by atoms with Crippen LogP contribution in [-0.2, 0) is 25.8 Å². The SMILES string of the molecule is C[N+](C)(Cc1ccccc1)C(Cc1ccccc1)(Cc1ccccc1)Cc1ccccc1.[Cl-]. The summed E-state index contributed by atoms with van der Waals surface area (Å²) in [5, 5.41) is 0. The molecule has 0 heterocycles. The normalized spacial score (nSPS) is 11.6. The van der Waals surface area contributed by atoms with E-state index in [1.807, 2.05) is 0 Å². The van der Waals surface area contributed by atoms with Crippen LogP contribution in [0.4, 0.5) is 0 Å². The van der Waals surface area contributed by atoms with E-state index in [4.69, 9.17) is 0 Å². The van der Waals surface area contributed by atoms with Crippen molar-refractivity contribution in [3.8, 4) is 0 Å². The molecule has 0 N–H and O–H groups in total. The maximum absolute atomic E-state index is 2.42. The monoisotopic (exact) mass is 455 g/mol. The van der Waals surface area contributed by atoms with Gasteiger partial charge in [0.15, 0.2) is 0 Å². The molecule has 170 valence electrons. The third-order valence-electron chi connectivity index (χ3n) is 6.83. The van der Waals surface area contributed by atoms with Gasteiger partial charge in [0.2, 0.25) is 0 Å². The average Bonchev–Trinajstić information content (AvgIpc) is 2.81. The number of nitrogens with zero attached hydrogens (tertiary/aromatic N) is 1. The summed E-state index contributed by atoms with van der Waals surface area (Å²) in [5.74, 6) is 0. The molecule has 33 heavy (non-hydrogen) atoms. The van der Waals surface area contributed by atoms with E-state index in [9.17, 15) is 0 Å². The van der Waals surface area contributed by atoms with E-state index in [0.29, 0.717) is 0 Å². The first-order valence-corrected chi connectivity index (χ1v) is 11.6. The lowest BCUT2D eigenvalue weighted by atomic mass is 9.76. The Morgan fingerprint density at radius 3 is 1.03 bits per heavy atom. The van der Waals surface area contributed by atoms with Gasteiger partial charge < -0.3 is 16.9 Å². The summed E-state index contributed by atoms with van der Waals surface area (Å²) in [6.45, 7) is 0.993. The first kappa shape index (κ1) is 24.8. The van der Waals surface area contributed by atoms with E-state index >= 15 is 0 Å². The third-order valence-corrected chi connectivity index (χ3v) is 6.83. The minimum absolute atomic E-state index is 0. The minimum Gasteiger partial charge on any atom is -1.00 e. The molecule has 0 atom stereocenters. The highest BCUT2D eigenvalue weighted by atomic mass is 35.5. The second kappa shape index (κ2) is 11.3. The highest BCUT2D eigenvalue weighted by Gasteiger charge is 2.45. The lowest BCUT2D eigenvalue weighted by Crippen LogP contribution is -3.00. The van der Waals surface area contributed by atoms with Gasteiger partial charge >= 0.3 is 0 Å². The van der Waals surface area contributed by atoms with Crippen molar-refractivity contribution in [1.82, 2.24) is 0 Å². The molecular weight excluding hydrogens is 422 g/mol. The second-order valence-electron chi connectivity index (χ2n) is 9.54. The zero-order valence-electron chi connectivity index (χ0n) is 19.7. The fourth-order valence-electron chi connectivity index (χ4n) is 4.96. The topological polar surface area (TPSA) is 0 Å². The summed E-state index contributed by atoms with van der Waals surface area (Å²) in [6, 6.07) is 44.0. The van der Waals surface area contributed by atoms with Gasteiger partial charge in [-0.15, -0.1) is 0 Å². The van der Waals surface area contributed by atoms with Crippen LogP contribution in [0.25, 0.3) is 0 Å². The molecule has 0 bridgehead atoms. The van der Waals surface area contributed by atoms with Crippen LogP contribution >= 0.6 is 0 Å². The Morgan fingerprint density at radius 1 is 0.455 bits per heavy atom. The standard InChI is InChI=1S/C31H34N.ClH/c1-32(2,26-30-21-13-6-14-22-30)31(23-27-15-7-3-8-16-27,24-28-17-9-4-10-18-28)25-29-19-11-5-12-20-29;/h3-22H,23-26H2,1-2H3;1H/q+1;/p-1. The Bertz CT molecular complexity index is 975. The van der Waals surface area contributed by atoms with Gasteiger partial charge in [0, 0.05) is 24.8 Å². The molecule has 0 fully saturated rings. The summed E-state index contributed by atoms with van der Waals surface area (Å²) < 4.78 is 0.912. The number of benzene rings is 4.